The van der Waals surface area contributed by atoms with Crippen LogP contribution in [0.15, 0.2) is 102 Å². The second kappa shape index (κ2) is 16.0. The van der Waals surface area contributed by atoms with Crippen molar-refractivity contribution in [2.45, 2.75) is 32.4 Å². The molecule has 2 heterocycles. The van der Waals surface area contributed by atoms with Gasteiger partial charge >= 0.3 is 11.9 Å². The molecular weight excluding hydrogens is 612 g/mol. The topological polar surface area (TPSA) is 191 Å². The molecule has 1 atom stereocenters. The Balaban J connectivity index is 1.18. The number of fused-ring (bicyclic) bond motifs is 1. The number of esters is 1. The van der Waals surface area contributed by atoms with Crippen molar-refractivity contribution in [2.24, 2.45) is 16.6 Å². The van der Waals surface area contributed by atoms with Gasteiger partial charge in [-0.1, -0.05) is 41.6 Å². The number of amides is 1. The van der Waals surface area contributed by atoms with Crippen molar-refractivity contribution in [3.05, 3.63) is 120 Å². The normalized spacial score (nSPS) is 11.9. The van der Waals surface area contributed by atoms with Crippen molar-refractivity contribution in [1.29, 1.82) is 0 Å². The lowest BCUT2D eigenvalue weighted by Crippen LogP contribution is -2.34. The number of carbonyl (C=O) groups is 3. The van der Waals surface area contributed by atoms with Crippen LogP contribution < -0.4 is 21.7 Å². The van der Waals surface area contributed by atoms with E-state index in [1.165, 1.54) is 4.90 Å². The third-order valence-electron chi connectivity index (χ3n) is 7.27. The number of nitrogens with zero attached hydrogens (tertiary/aromatic N) is 4. The van der Waals surface area contributed by atoms with Gasteiger partial charge in [0.15, 0.2) is 5.84 Å². The minimum absolute atomic E-state index is 0.0342. The number of amidine groups is 1. The maximum atomic E-state index is 13.6. The summed E-state index contributed by atoms with van der Waals surface area (Å²) in [5, 5.41) is 7.04. The van der Waals surface area contributed by atoms with Gasteiger partial charge in [0.25, 0.3) is 5.91 Å². The van der Waals surface area contributed by atoms with Crippen LogP contribution in [0.4, 0.5) is 11.5 Å². The second-order valence-electron chi connectivity index (χ2n) is 10.7. The number of ether oxygens (including phenoxy) is 1. The van der Waals surface area contributed by atoms with E-state index in [0.717, 1.165) is 11.3 Å². The first kappa shape index (κ1) is 33.3. The van der Waals surface area contributed by atoms with Crippen LogP contribution in [0.3, 0.4) is 0 Å². The molecule has 0 saturated heterocycles. The first-order chi connectivity index (χ1) is 23.3. The highest BCUT2D eigenvalue weighted by molar-refractivity contribution is 6.07. The van der Waals surface area contributed by atoms with E-state index in [4.69, 9.17) is 21.0 Å². The molecule has 0 radical (unpaired) electrons. The average molecular weight is 649 g/mol. The van der Waals surface area contributed by atoms with Gasteiger partial charge in [-0.15, -0.1) is 0 Å². The van der Waals surface area contributed by atoms with E-state index in [-0.39, 0.29) is 37.3 Å². The molecule has 0 spiro atoms. The van der Waals surface area contributed by atoms with Crippen LogP contribution in [-0.4, -0.2) is 57.8 Å². The second-order valence-corrected chi connectivity index (χ2v) is 10.7. The fraction of sp³-hybridized carbons (Fsp3) is 0.200. The third kappa shape index (κ3) is 8.79. The molecule has 0 saturated carbocycles. The van der Waals surface area contributed by atoms with Gasteiger partial charge in [-0.3, -0.25) is 14.5 Å². The van der Waals surface area contributed by atoms with Crippen molar-refractivity contribution >= 4 is 46.2 Å². The largest absolute Gasteiger partial charge is 0.466 e. The summed E-state index contributed by atoms with van der Waals surface area (Å²) in [6, 6.07) is 26.1. The molecule has 1 unspecified atom stereocenters. The van der Waals surface area contributed by atoms with Gasteiger partial charge in [-0.05, 0) is 73.5 Å². The number of hydrogen-bond donors (Lipinski definition) is 4. The zero-order valence-corrected chi connectivity index (χ0v) is 26.3. The standard InChI is InChI=1S/C35H36N8O5/c1-2-47-32(44)17-19-43(31-10-6-7-18-38-31)34(45)25-13-16-28-29(21-25)41-30(40-28)22-39-26-14-11-24(12-15-26)33(37)42-48-35(46)27(36)20-23-8-4-3-5-9-23/h3-16,18,21,27,39H,2,17,19-20,22,36H2,1H3,(H2,37,42)(H,40,41). The zero-order chi connectivity index (χ0) is 33.9. The zero-order valence-electron chi connectivity index (χ0n) is 26.3. The number of imidazole rings is 1. The maximum absolute atomic E-state index is 13.6. The molecule has 0 fully saturated rings. The van der Waals surface area contributed by atoms with Crippen LogP contribution >= 0.6 is 0 Å². The SMILES string of the molecule is CCOC(=O)CCN(C(=O)c1ccc2nc(CNc3ccc(/C(N)=N/OC(=O)C(N)Cc4ccccc4)cc3)[nH]c2c1)c1ccccn1. The highest BCUT2D eigenvalue weighted by atomic mass is 16.7. The highest BCUT2D eigenvalue weighted by Crippen LogP contribution is 2.20. The lowest BCUT2D eigenvalue weighted by atomic mass is 10.1. The maximum Gasteiger partial charge on any atom is 0.351 e. The number of anilines is 2. The Morgan fingerprint density at radius 1 is 0.979 bits per heavy atom. The van der Waals surface area contributed by atoms with Gasteiger partial charge in [0, 0.05) is 29.6 Å². The van der Waals surface area contributed by atoms with E-state index >= 15 is 0 Å². The molecule has 5 rings (SSSR count). The van der Waals surface area contributed by atoms with Gasteiger partial charge in [-0.25, -0.2) is 14.8 Å². The molecule has 3 aromatic carbocycles. The van der Waals surface area contributed by atoms with Crippen LogP contribution in [0.1, 0.15) is 40.7 Å². The van der Waals surface area contributed by atoms with Crippen molar-refractivity contribution in [1.82, 2.24) is 15.0 Å². The summed E-state index contributed by atoms with van der Waals surface area (Å²) in [5.41, 5.74) is 16.0. The number of pyridine rings is 1. The van der Waals surface area contributed by atoms with Crippen LogP contribution in [0.25, 0.3) is 11.0 Å². The molecule has 13 nitrogen and oxygen atoms in total. The van der Waals surface area contributed by atoms with E-state index in [1.807, 2.05) is 42.5 Å². The predicted molar refractivity (Wildman–Crippen MR) is 182 cm³/mol. The number of benzene rings is 3. The van der Waals surface area contributed by atoms with Gasteiger partial charge in [0.2, 0.25) is 0 Å². The Morgan fingerprint density at radius 2 is 1.73 bits per heavy atom. The number of aromatic nitrogens is 3. The van der Waals surface area contributed by atoms with Crippen molar-refractivity contribution in [2.75, 3.05) is 23.4 Å². The van der Waals surface area contributed by atoms with Crippen molar-refractivity contribution < 1.29 is 24.0 Å². The van der Waals surface area contributed by atoms with Gasteiger partial charge in [-0.2, -0.15) is 0 Å². The van der Waals surface area contributed by atoms with E-state index < -0.39 is 12.0 Å². The van der Waals surface area contributed by atoms with E-state index in [9.17, 15) is 14.4 Å². The number of aromatic amines is 1. The number of H-pyrrole nitrogens is 1. The fourth-order valence-electron chi connectivity index (χ4n) is 4.82. The molecule has 6 N–H and O–H groups in total. The summed E-state index contributed by atoms with van der Waals surface area (Å²) in [5.74, 6) is -0.248. The quantitative estimate of drug-likeness (QED) is 0.0451. The van der Waals surface area contributed by atoms with Crippen LogP contribution in [0, 0.1) is 0 Å². The summed E-state index contributed by atoms with van der Waals surface area (Å²) in [4.78, 5) is 56.5. The summed E-state index contributed by atoms with van der Waals surface area (Å²) in [6.45, 7) is 2.50. The van der Waals surface area contributed by atoms with Gasteiger partial charge < -0.3 is 31.3 Å². The number of nitrogens with one attached hydrogen (secondary N) is 2. The number of hydrogen-bond acceptors (Lipinski definition) is 10. The average Bonchev–Trinajstić information content (AvgIpc) is 3.53. The van der Waals surface area contributed by atoms with Crippen molar-refractivity contribution in [3.63, 3.8) is 0 Å². The monoisotopic (exact) mass is 648 g/mol. The van der Waals surface area contributed by atoms with E-state index in [0.29, 0.717) is 46.8 Å². The van der Waals surface area contributed by atoms with Crippen LogP contribution in [0.5, 0.6) is 0 Å². The lowest BCUT2D eigenvalue weighted by molar-refractivity contribution is -0.145. The molecule has 0 aliphatic heterocycles. The van der Waals surface area contributed by atoms with Crippen LogP contribution in [-0.2, 0) is 32.1 Å². The molecule has 48 heavy (non-hydrogen) atoms. The molecule has 1 amide bonds. The molecule has 2 aromatic heterocycles. The Bertz CT molecular complexity index is 1880. The molecule has 13 heteroatoms. The van der Waals surface area contributed by atoms with E-state index in [1.54, 1.807) is 61.7 Å². The molecular formula is C35H36N8O5. The predicted octanol–water partition coefficient (Wildman–Crippen LogP) is 3.90. The Morgan fingerprint density at radius 3 is 2.46 bits per heavy atom. The van der Waals surface area contributed by atoms with Crippen molar-refractivity contribution in [3.8, 4) is 0 Å². The molecule has 0 bridgehead atoms. The third-order valence-corrected chi connectivity index (χ3v) is 7.27. The summed E-state index contributed by atoms with van der Waals surface area (Å²) < 4.78 is 5.04. The number of nitrogens with two attached hydrogens (primary N) is 2. The van der Waals surface area contributed by atoms with E-state index in [2.05, 4.69) is 25.4 Å². The van der Waals surface area contributed by atoms with Gasteiger partial charge in [0.05, 0.1) is 30.6 Å². The minimum atomic E-state index is -0.870. The number of rotatable bonds is 14. The highest BCUT2D eigenvalue weighted by Gasteiger charge is 2.21. The molecule has 0 aliphatic rings. The van der Waals surface area contributed by atoms with Gasteiger partial charge in [0.1, 0.15) is 17.7 Å². The first-order valence-corrected chi connectivity index (χ1v) is 15.4. The Hall–Kier alpha value is -6.08. The molecule has 0 aliphatic carbocycles. The first-order valence-electron chi connectivity index (χ1n) is 15.4. The summed E-state index contributed by atoms with van der Waals surface area (Å²) in [6.07, 6.45) is 1.95. The van der Waals surface area contributed by atoms with Crippen LogP contribution in [0.2, 0.25) is 0 Å². The molecule has 5 aromatic rings. The Kier molecular flexibility index (Phi) is 11.1. The number of oxime groups is 1. The number of carbonyl (C=O) groups excluding carboxylic acids is 3. The smallest absolute Gasteiger partial charge is 0.351 e. The molecule has 246 valence electrons. The summed E-state index contributed by atoms with van der Waals surface area (Å²) >= 11 is 0. The fourth-order valence-corrected chi connectivity index (χ4v) is 4.82. The lowest BCUT2D eigenvalue weighted by Gasteiger charge is -2.21. The Labute approximate surface area is 276 Å². The summed E-state index contributed by atoms with van der Waals surface area (Å²) in [7, 11) is 0. The minimum Gasteiger partial charge on any atom is -0.466 e.